The average molecular weight is 335 g/mol. The van der Waals surface area contributed by atoms with Crippen LogP contribution in [0.2, 0.25) is 5.02 Å². The molecule has 0 atom stereocenters. The zero-order valence-electron chi connectivity index (χ0n) is 11.3. The van der Waals surface area contributed by atoms with E-state index in [1.54, 1.807) is 18.2 Å². The van der Waals surface area contributed by atoms with E-state index >= 15 is 0 Å². The molecule has 0 saturated carbocycles. The lowest BCUT2D eigenvalue weighted by molar-refractivity contribution is -0.382. The van der Waals surface area contributed by atoms with Gasteiger partial charge in [0.2, 0.25) is 12.3 Å². The maximum Gasteiger partial charge on any atom is 0.324 e. The van der Waals surface area contributed by atoms with Gasteiger partial charge < -0.3 is 14.8 Å². The fourth-order valence-corrected chi connectivity index (χ4v) is 2.53. The fraction of sp³-hybridized carbons (Fsp3) is 0.0769. The summed E-state index contributed by atoms with van der Waals surface area (Å²) in [6.07, 6.45) is 0. The standard InChI is InChI=1S/C13H7ClN4O5/c14-7-4-8(13(18(19)20)12-11(7)16-23-17-12)15-6-1-2-9-10(3-6)22-5-21-9/h1-4,15H,5H2. The number of ether oxygens (including phenoxy) is 2. The Morgan fingerprint density at radius 1 is 1.17 bits per heavy atom. The number of nitro benzene ring substituents is 1. The summed E-state index contributed by atoms with van der Waals surface area (Å²) in [5.41, 5.74) is 0.579. The molecule has 0 radical (unpaired) electrons. The summed E-state index contributed by atoms with van der Waals surface area (Å²) in [5.74, 6) is 1.16. The Kier molecular flexibility index (Phi) is 2.95. The number of hydrogen-bond acceptors (Lipinski definition) is 8. The van der Waals surface area contributed by atoms with Crippen molar-refractivity contribution in [2.24, 2.45) is 0 Å². The Morgan fingerprint density at radius 3 is 2.78 bits per heavy atom. The van der Waals surface area contributed by atoms with Gasteiger partial charge in [-0.15, -0.1) is 0 Å². The Morgan fingerprint density at radius 2 is 1.96 bits per heavy atom. The molecule has 0 unspecified atom stereocenters. The number of nitro groups is 1. The van der Waals surface area contributed by atoms with Crippen LogP contribution in [0, 0.1) is 10.1 Å². The first-order chi connectivity index (χ1) is 11.1. The van der Waals surface area contributed by atoms with Crippen molar-refractivity contribution >= 4 is 39.7 Å². The second-order valence-electron chi connectivity index (χ2n) is 4.67. The SMILES string of the molecule is O=[N+]([O-])c1c(Nc2ccc3c(c2)OCO3)cc(Cl)c2nonc12. The van der Waals surface area contributed by atoms with E-state index in [0.717, 1.165) is 0 Å². The van der Waals surface area contributed by atoms with Gasteiger partial charge in [-0.05, 0) is 28.5 Å². The number of benzene rings is 2. The van der Waals surface area contributed by atoms with Gasteiger partial charge in [0.1, 0.15) is 5.69 Å². The van der Waals surface area contributed by atoms with Crippen molar-refractivity contribution < 1.29 is 19.0 Å². The first kappa shape index (κ1) is 13.6. The topological polar surface area (TPSA) is 113 Å². The molecule has 0 aliphatic carbocycles. The van der Waals surface area contributed by atoms with Crippen LogP contribution >= 0.6 is 11.6 Å². The first-order valence-corrected chi connectivity index (χ1v) is 6.77. The minimum absolute atomic E-state index is 0.0225. The van der Waals surface area contributed by atoms with E-state index in [2.05, 4.69) is 20.3 Å². The Bertz CT molecular complexity index is 942. The van der Waals surface area contributed by atoms with E-state index in [1.165, 1.54) is 6.07 Å². The van der Waals surface area contributed by atoms with Gasteiger partial charge in [0.25, 0.3) is 0 Å². The summed E-state index contributed by atoms with van der Waals surface area (Å²) in [7, 11) is 0. The minimum Gasteiger partial charge on any atom is -0.454 e. The second-order valence-corrected chi connectivity index (χ2v) is 5.07. The second kappa shape index (κ2) is 4.99. The molecule has 0 saturated heterocycles. The van der Waals surface area contributed by atoms with Gasteiger partial charge in [-0.2, -0.15) is 0 Å². The Labute approximate surface area is 132 Å². The zero-order chi connectivity index (χ0) is 16.0. The van der Waals surface area contributed by atoms with Crippen molar-refractivity contribution in [3.8, 4) is 11.5 Å². The number of nitrogens with one attached hydrogen (secondary N) is 1. The van der Waals surface area contributed by atoms with Crippen LogP contribution in [-0.2, 0) is 0 Å². The normalized spacial score (nSPS) is 12.6. The lowest BCUT2D eigenvalue weighted by Crippen LogP contribution is -1.98. The van der Waals surface area contributed by atoms with Gasteiger partial charge in [0.05, 0.1) is 9.95 Å². The maximum absolute atomic E-state index is 11.4. The number of halogens is 1. The van der Waals surface area contributed by atoms with E-state index in [4.69, 9.17) is 21.1 Å². The van der Waals surface area contributed by atoms with E-state index in [-0.39, 0.29) is 34.2 Å². The van der Waals surface area contributed by atoms with E-state index < -0.39 is 4.92 Å². The molecule has 0 bridgehead atoms. The number of nitrogens with zero attached hydrogens (tertiary/aromatic N) is 3. The van der Waals surface area contributed by atoms with Gasteiger partial charge in [-0.1, -0.05) is 11.6 Å². The average Bonchev–Trinajstić information content (AvgIpc) is 3.15. The number of rotatable bonds is 3. The maximum atomic E-state index is 11.4. The van der Waals surface area contributed by atoms with Crippen LogP contribution in [-0.4, -0.2) is 22.0 Å². The molecule has 0 fully saturated rings. The molecular weight excluding hydrogens is 328 g/mol. The molecule has 116 valence electrons. The first-order valence-electron chi connectivity index (χ1n) is 6.39. The highest BCUT2D eigenvalue weighted by Crippen LogP contribution is 2.40. The predicted molar refractivity (Wildman–Crippen MR) is 79.3 cm³/mol. The van der Waals surface area contributed by atoms with Crippen LogP contribution in [0.5, 0.6) is 11.5 Å². The van der Waals surface area contributed by atoms with Crippen LogP contribution in [0.15, 0.2) is 28.9 Å². The van der Waals surface area contributed by atoms with Crippen molar-refractivity contribution in [1.29, 1.82) is 0 Å². The van der Waals surface area contributed by atoms with Gasteiger partial charge in [0, 0.05) is 11.8 Å². The number of fused-ring (bicyclic) bond motifs is 2. The smallest absolute Gasteiger partial charge is 0.324 e. The summed E-state index contributed by atoms with van der Waals surface area (Å²) < 4.78 is 15.0. The number of hydrogen-bond donors (Lipinski definition) is 1. The van der Waals surface area contributed by atoms with E-state index in [9.17, 15) is 10.1 Å². The molecule has 3 aromatic rings. The third-order valence-electron chi connectivity index (χ3n) is 3.30. The molecule has 0 amide bonds. The predicted octanol–water partition coefficient (Wildman–Crippen LogP) is 3.26. The molecule has 1 aliphatic rings. The van der Waals surface area contributed by atoms with Crippen molar-refractivity contribution in [3.05, 3.63) is 39.4 Å². The van der Waals surface area contributed by atoms with E-state index in [1.807, 2.05) is 0 Å². The molecule has 0 spiro atoms. The van der Waals surface area contributed by atoms with Crippen LogP contribution in [0.1, 0.15) is 0 Å². The van der Waals surface area contributed by atoms with Crippen molar-refractivity contribution in [1.82, 2.24) is 10.3 Å². The number of anilines is 2. The Hall–Kier alpha value is -3.07. The van der Waals surface area contributed by atoms with Crippen LogP contribution in [0.25, 0.3) is 11.0 Å². The molecule has 2 heterocycles. The van der Waals surface area contributed by atoms with Gasteiger partial charge >= 0.3 is 5.69 Å². The highest BCUT2D eigenvalue weighted by Gasteiger charge is 2.25. The fourth-order valence-electron chi connectivity index (χ4n) is 2.30. The summed E-state index contributed by atoms with van der Waals surface area (Å²) in [4.78, 5) is 10.8. The van der Waals surface area contributed by atoms with Gasteiger partial charge in [0.15, 0.2) is 17.0 Å². The lowest BCUT2D eigenvalue weighted by atomic mass is 10.2. The van der Waals surface area contributed by atoms with Crippen LogP contribution in [0.4, 0.5) is 17.1 Å². The summed E-state index contributed by atoms with van der Waals surface area (Å²) in [6.45, 7) is 0.140. The monoisotopic (exact) mass is 334 g/mol. The molecule has 10 heteroatoms. The summed E-state index contributed by atoms with van der Waals surface area (Å²) in [5, 5.41) is 21.6. The molecule has 9 nitrogen and oxygen atoms in total. The van der Waals surface area contributed by atoms with Crippen molar-refractivity contribution in [2.45, 2.75) is 0 Å². The summed E-state index contributed by atoms with van der Waals surface area (Å²) >= 11 is 6.07. The summed E-state index contributed by atoms with van der Waals surface area (Å²) in [6, 6.07) is 6.48. The molecule has 2 aromatic carbocycles. The third kappa shape index (κ3) is 2.18. The highest BCUT2D eigenvalue weighted by molar-refractivity contribution is 6.35. The van der Waals surface area contributed by atoms with Crippen molar-refractivity contribution in [3.63, 3.8) is 0 Å². The molecular formula is C13H7ClN4O5. The van der Waals surface area contributed by atoms with Crippen LogP contribution in [0.3, 0.4) is 0 Å². The van der Waals surface area contributed by atoms with Gasteiger partial charge in [-0.25, -0.2) is 4.63 Å². The Balaban J connectivity index is 1.82. The zero-order valence-corrected chi connectivity index (χ0v) is 12.0. The van der Waals surface area contributed by atoms with Crippen LogP contribution < -0.4 is 14.8 Å². The largest absolute Gasteiger partial charge is 0.454 e. The van der Waals surface area contributed by atoms with Gasteiger partial charge in [-0.3, -0.25) is 10.1 Å². The van der Waals surface area contributed by atoms with E-state index in [0.29, 0.717) is 17.2 Å². The van der Waals surface area contributed by atoms with Crippen molar-refractivity contribution in [2.75, 3.05) is 12.1 Å². The molecule has 23 heavy (non-hydrogen) atoms. The number of aromatic nitrogens is 2. The molecule has 1 aliphatic heterocycles. The molecule has 4 rings (SSSR count). The third-order valence-corrected chi connectivity index (χ3v) is 3.59. The minimum atomic E-state index is -0.571. The quantitative estimate of drug-likeness (QED) is 0.573. The highest BCUT2D eigenvalue weighted by atomic mass is 35.5. The lowest BCUT2D eigenvalue weighted by Gasteiger charge is -2.08. The molecule has 1 N–H and O–H groups in total. The molecule has 1 aromatic heterocycles.